The number of carbonyl (C=O) groups is 2. The number of carbonyl (C=O) groups excluding carboxylic acids is 2. The third kappa shape index (κ3) is 3.07. The third-order valence-electron chi connectivity index (χ3n) is 3.26. The van der Waals surface area contributed by atoms with Crippen LogP contribution in [0.25, 0.3) is 0 Å². The van der Waals surface area contributed by atoms with Gasteiger partial charge in [-0.2, -0.15) is 0 Å². The summed E-state index contributed by atoms with van der Waals surface area (Å²) < 4.78 is 0. The molecule has 0 bridgehead atoms. The van der Waals surface area contributed by atoms with E-state index >= 15 is 0 Å². The summed E-state index contributed by atoms with van der Waals surface area (Å²) in [5, 5.41) is 14.6. The molecule has 3 N–H and O–H groups in total. The number of benzene rings is 2. The Morgan fingerprint density at radius 1 is 1.18 bits per heavy atom. The van der Waals surface area contributed by atoms with E-state index in [0.29, 0.717) is 5.69 Å². The number of anilines is 2. The molecule has 6 heteroatoms. The Morgan fingerprint density at radius 3 is 2.73 bits per heavy atom. The van der Waals surface area contributed by atoms with Crippen LogP contribution >= 0.6 is 11.8 Å². The Hall–Kier alpha value is -2.47. The van der Waals surface area contributed by atoms with E-state index in [2.05, 4.69) is 10.6 Å². The van der Waals surface area contributed by atoms with Gasteiger partial charge in [0.05, 0.1) is 16.6 Å². The van der Waals surface area contributed by atoms with Crippen molar-refractivity contribution in [3.63, 3.8) is 0 Å². The quantitative estimate of drug-likeness (QED) is 0.761. The maximum atomic E-state index is 12.1. The Morgan fingerprint density at radius 2 is 1.91 bits per heavy atom. The predicted octanol–water partition coefficient (Wildman–Crippen LogP) is 2.83. The minimum absolute atomic E-state index is 0.00180. The van der Waals surface area contributed by atoms with Crippen molar-refractivity contribution in [1.29, 1.82) is 0 Å². The van der Waals surface area contributed by atoms with E-state index in [4.69, 9.17) is 0 Å². The molecule has 1 atom stereocenters. The molecule has 2 amide bonds. The maximum absolute atomic E-state index is 12.1. The highest BCUT2D eigenvalue weighted by Gasteiger charge is 2.28. The van der Waals surface area contributed by atoms with Gasteiger partial charge in [0.15, 0.2) is 0 Å². The first-order chi connectivity index (χ1) is 10.6. The molecule has 0 saturated carbocycles. The van der Waals surface area contributed by atoms with Crippen molar-refractivity contribution in [1.82, 2.24) is 0 Å². The number of fused-ring (bicyclic) bond motifs is 1. The molecule has 3 rings (SSSR count). The van der Waals surface area contributed by atoms with Crippen molar-refractivity contribution in [2.45, 2.75) is 16.6 Å². The van der Waals surface area contributed by atoms with Gasteiger partial charge in [0, 0.05) is 11.3 Å². The summed E-state index contributed by atoms with van der Waals surface area (Å²) in [5.74, 6) is -0.494. The van der Waals surface area contributed by atoms with Crippen LogP contribution in [0.15, 0.2) is 53.4 Å². The normalized spacial score (nSPS) is 16.5. The third-order valence-corrected chi connectivity index (χ3v) is 4.53. The number of amides is 2. The molecule has 1 heterocycles. The summed E-state index contributed by atoms with van der Waals surface area (Å²) in [7, 11) is 0. The molecule has 0 unspecified atom stereocenters. The van der Waals surface area contributed by atoms with Gasteiger partial charge in [0.2, 0.25) is 11.8 Å². The molecule has 0 radical (unpaired) electrons. The number of rotatable bonds is 3. The van der Waals surface area contributed by atoms with Crippen LogP contribution in [0.5, 0.6) is 5.75 Å². The predicted molar refractivity (Wildman–Crippen MR) is 86.1 cm³/mol. The first kappa shape index (κ1) is 14.5. The summed E-state index contributed by atoms with van der Waals surface area (Å²) in [6.07, 6.45) is 0.0408. The van der Waals surface area contributed by atoms with E-state index in [0.717, 1.165) is 10.6 Å². The first-order valence-electron chi connectivity index (χ1n) is 6.78. The van der Waals surface area contributed by atoms with Gasteiger partial charge in [-0.15, -0.1) is 11.8 Å². The first-order valence-corrected chi connectivity index (χ1v) is 7.66. The lowest BCUT2D eigenvalue weighted by molar-refractivity contribution is -0.120. The molecule has 0 aliphatic carbocycles. The SMILES string of the molecule is O=C(C[C@H]1Sc2ccccc2NC1=O)Nc1ccccc1O. The average molecular weight is 314 g/mol. The van der Waals surface area contributed by atoms with Gasteiger partial charge in [-0.1, -0.05) is 24.3 Å². The molecule has 0 aromatic heterocycles. The summed E-state index contributed by atoms with van der Waals surface area (Å²) in [4.78, 5) is 25.1. The van der Waals surface area contributed by atoms with Crippen LogP contribution in [0.1, 0.15) is 6.42 Å². The van der Waals surface area contributed by atoms with Crippen molar-refractivity contribution in [3.05, 3.63) is 48.5 Å². The van der Waals surface area contributed by atoms with Gasteiger partial charge >= 0.3 is 0 Å². The van der Waals surface area contributed by atoms with Crippen molar-refractivity contribution in [2.75, 3.05) is 10.6 Å². The van der Waals surface area contributed by atoms with Crippen LogP contribution < -0.4 is 10.6 Å². The van der Waals surface area contributed by atoms with Gasteiger partial charge in [-0.3, -0.25) is 9.59 Å². The van der Waals surface area contributed by atoms with E-state index < -0.39 is 5.25 Å². The topological polar surface area (TPSA) is 78.4 Å². The highest BCUT2D eigenvalue weighted by Crippen LogP contribution is 2.36. The van der Waals surface area contributed by atoms with Crippen molar-refractivity contribution < 1.29 is 14.7 Å². The fraction of sp³-hybridized carbons (Fsp3) is 0.125. The molecule has 0 spiro atoms. The van der Waals surface area contributed by atoms with Crippen LogP contribution in [0.2, 0.25) is 0 Å². The average Bonchev–Trinajstić information content (AvgIpc) is 2.50. The van der Waals surface area contributed by atoms with Crippen LogP contribution in [0, 0.1) is 0 Å². The second-order valence-electron chi connectivity index (χ2n) is 4.86. The van der Waals surface area contributed by atoms with Crippen LogP contribution in [0.3, 0.4) is 0 Å². The second kappa shape index (κ2) is 6.11. The maximum Gasteiger partial charge on any atom is 0.238 e. The monoisotopic (exact) mass is 314 g/mol. The highest BCUT2D eigenvalue weighted by molar-refractivity contribution is 8.01. The number of nitrogens with one attached hydrogen (secondary N) is 2. The second-order valence-corrected chi connectivity index (χ2v) is 6.11. The smallest absolute Gasteiger partial charge is 0.238 e. The molecule has 22 heavy (non-hydrogen) atoms. The molecule has 5 nitrogen and oxygen atoms in total. The van der Waals surface area contributed by atoms with Gasteiger partial charge in [0.1, 0.15) is 5.75 Å². The summed E-state index contributed by atoms with van der Waals surface area (Å²) in [6, 6.07) is 14.0. The number of hydrogen-bond donors (Lipinski definition) is 3. The number of phenolic OH excluding ortho intramolecular Hbond substituents is 1. The lowest BCUT2D eigenvalue weighted by Gasteiger charge is -2.23. The molecule has 1 aliphatic heterocycles. The van der Waals surface area contributed by atoms with Crippen molar-refractivity contribution in [3.8, 4) is 5.75 Å². The van der Waals surface area contributed by atoms with E-state index in [1.54, 1.807) is 18.2 Å². The van der Waals surface area contributed by atoms with E-state index in [-0.39, 0.29) is 24.0 Å². The summed E-state index contributed by atoms with van der Waals surface area (Å²) in [6.45, 7) is 0. The number of hydrogen-bond acceptors (Lipinski definition) is 4. The number of aromatic hydroxyl groups is 1. The Balaban J connectivity index is 1.67. The molecule has 0 fully saturated rings. The largest absolute Gasteiger partial charge is 0.506 e. The Kier molecular flexibility index (Phi) is 4.02. The lowest BCUT2D eigenvalue weighted by atomic mass is 10.2. The molecule has 2 aromatic rings. The molecule has 0 saturated heterocycles. The molecule has 1 aliphatic rings. The number of thioether (sulfide) groups is 1. The van der Waals surface area contributed by atoms with E-state index in [9.17, 15) is 14.7 Å². The summed E-state index contributed by atoms with van der Waals surface area (Å²) in [5.41, 5.74) is 1.11. The van der Waals surface area contributed by atoms with Gasteiger partial charge in [0.25, 0.3) is 0 Å². The molecular weight excluding hydrogens is 300 g/mol. The summed E-state index contributed by atoms with van der Waals surface area (Å²) >= 11 is 1.37. The molecule has 2 aromatic carbocycles. The molecular formula is C16H14N2O3S. The minimum Gasteiger partial charge on any atom is -0.506 e. The Labute approximate surface area is 131 Å². The van der Waals surface area contributed by atoms with Crippen molar-refractivity contribution >= 4 is 35.0 Å². The van der Waals surface area contributed by atoms with Crippen molar-refractivity contribution in [2.24, 2.45) is 0 Å². The van der Waals surface area contributed by atoms with Gasteiger partial charge < -0.3 is 15.7 Å². The zero-order valence-corrected chi connectivity index (χ0v) is 12.4. The number of para-hydroxylation sites is 3. The van der Waals surface area contributed by atoms with Crippen LogP contribution in [-0.2, 0) is 9.59 Å². The Bertz CT molecular complexity index is 733. The minimum atomic E-state index is -0.485. The van der Waals surface area contributed by atoms with Crippen LogP contribution in [0.4, 0.5) is 11.4 Å². The standard InChI is InChI=1S/C16H14N2O3S/c19-12-7-3-1-5-10(12)17-15(20)9-14-16(21)18-11-6-2-4-8-13(11)22-14/h1-8,14,19H,9H2,(H,17,20)(H,18,21)/t14-/m1/s1. The number of phenols is 1. The molecule has 112 valence electrons. The van der Waals surface area contributed by atoms with E-state index in [1.165, 1.54) is 17.8 Å². The van der Waals surface area contributed by atoms with Gasteiger partial charge in [-0.05, 0) is 24.3 Å². The van der Waals surface area contributed by atoms with E-state index in [1.807, 2.05) is 24.3 Å². The fourth-order valence-corrected chi connectivity index (χ4v) is 3.29. The fourth-order valence-electron chi connectivity index (χ4n) is 2.18. The highest BCUT2D eigenvalue weighted by atomic mass is 32.2. The van der Waals surface area contributed by atoms with Gasteiger partial charge in [-0.25, -0.2) is 0 Å². The lowest BCUT2D eigenvalue weighted by Crippen LogP contribution is -2.32. The van der Waals surface area contributed by atoms with Crippen LogP contribution in [-0.4, -0.2) is 22.2 Å². The zero-order valence-electron chi connectivity index (χ0n) is 11.6. The zero-order chi connectivity index (χ0) is 15.5.